The van der Waals surface area contributed by atoms with E-state index >= 15 is 0 Å². The van der Waals surface area contributed by atoms with Gasteiger partial charge in [-0.15, -0.1) is 0 Å². The summed E-state index contributed by atoms with van der Waals surface area (Å²) in [5.74, 6) is -0.673. The van der Waals surface area contributed by atoms with Crippen molar-refractivity contribution >= 4 is 23.2 Å². The normalized spacial score (nSPS) is 11.7. The lowest BCUT2D eigenvalue weighted by Gasteiger charge is -2.22. The largest absolute Gasteiger partial charge is 0.490 e. The van der Waals surface area contributed by atoms with Gasteiger partial charge in [-0.05, 0) is 44.2 Å². The second kappa shape index (κ2) is 9.25. The van der Waals surface area contributed by atoms with Crippen LogP contribution in [0.4, 0.5) is 11.4 Å². The third kappa shape index (κ3) is 4.72. The van der Waals surface area contributed by atoms with Gasteiger partial charge < -0.3 is 25.6 Å². The van der Waals surface area contributed by atoms with E-state index < -0.39 is 23.1 Å². The molecule has 0 saturated carbocycles. The van der Waals surface area contributed by atoms with Crippen LogP contribution in [0.15, 0.2) is 46.0 Å². The fourth-order valence-electron chi connectivity index (χ4n) is 2.99. The van der Waals surface area contributed by atoms with Gasteiger partial charge in [0.15, 0.2) is 17.5 Å². The van der Waals surface area contributed by atoms with Gasteiger partial charge in [0.2, 0.25) is 0 Å². The van der Waals surface area contributed by atoms with E-state index in [0.29, 0.717) is 36.0 Å². The minimum atomic E-state index is -1.28. The van der Waals surface area contributed by atoms with Crippen molar-refractivity contribution in [1.29, 1.82) is 5.41 Å². The number of ether oxygens (including phenoxy) is 2. The SMILES string of the molecule is CCOc1cc(Nn2c(=O)c2=O)c(C(Nc2ccc(C(=N)N)cc2)C(=O)O)cc1OCC. The molecule has 3 aromatic rings. The summed E-state index contributed by atoms with van der Waals surface area (Å²) < 4.78 is 12.0. The molecule has 3 rings (SSSR count). The first-order valence-corrected chi connectivity index (χ1v) is 9.79. The van der Waals surface area contributed by atoms with Crippen molar-refractivity contribution in [1.82, 2.24) is 4.68 Å². The molecule has 0 aliphatic heterocycles. The molecule has 0 spiro atoms. The first-order valence-electron chi connectivity index (χ1n) is 9.79. The van der Waals surface area contributed by atoms with Crippen molar-refractivity contribution in [3.63, 3.8) is 0 Å². The number of carbonyl (C=O) groups is 1. The second-order valence-electron chi connectivity index (χ2n) is 6.72. The number of benzene rings is 2. The molecule has 0 fully saturated rings. The summed E-state index contributed by atoms with van der Waals surface area (Å²) in [5, 5.41) is 20.3. The zero-order valence-electron chi connectivity index (χ0n) is 17.5. The van der Waals surface area contributed by atoms with Crippen LogP contribution in [0.3, 0.4) is 0 Å². The zero-order valence-corrected chi connectivity index (χ0v) is 17.5. The number of nitrogens with one attached hydrogen (secondary N) is 3. The molecule has 11 nitrogen and oxygen atoms in total. The summed E-state index contributed by atoms with van der Waals surface area (Å²) in [4.78, 5) is 35.2. The van der Waals surface area contributed by atoms with Gasteiger partial charge in [0, 0.05) is 22.9 Å². The van der Waals surface area contributed by atoms with Crippen LogP contribution in [0.2, 0.25) is 0 Å². The molecule has 11 heteroatoms. The predicted molar refractivity (Wildman–Crippen MR) is 119 cm³/mol. The summed E-state index contributed by atoms with van der Waals surface area (Å²) in [7, 11) is 0. The Hall–Kier alpha value is -4.28. The van der Waals surface area contributed by atoms with Crippen molar-refractivity contribution < 1.29 is 19.4 Å². The Kier molecular flexibility index (Phi) is 6.47. The number of nitrogen functional groups attached to an aromatic ring is 1. The van der Waals surface area contributed by atoms with Crippen molar-refractivity contribution in [3.8, 4) is 11.5 Å². The molecule has 2 aromatic carbocycles. The molecule has 0 amide bonds. The summed E-state index contributed by atoms with van der Waals surface area (Å²) in [6, 6.07) is 8.05. The molecule has 6 N–H and O–H groups in total. The van der Waals surface area contributed by atoms with Gasteiger partial charge in [-0.2, -0.15) is 4.68 Å². The molecule has 168 valence electrons. The van der Waals surface area contributed by atoms with E-state index in [0.717, 1.165) is 4.68 Å². The fraction of sp³-hybridized carbons (Fsp3) is 0.238. The molecule has 1 unspecified atom stereocenters. The number of hydrogen-bond acceptors (Lipinski definition) is 8. The Bertz CT molecular complexity index is 1180. The number of anilines is 2. The highest BCUT2D eigenvalue weighted by atomic mass is 16.5. The molecule has 0 aliphatic carbocycles. The Morgan fingerprint density at radius 1 is 1.09 bits per heavy atom. The van der Waals surface area contributed by atoms with E-state index in [1.165, 1.54) is 12.1 Å². The van der Waals surface area contributed by atoms with Crippen LogP contribution < -0.4 is 37.1 Å². The average Bonchev–Trinajstić information content (AvgIpc) is 3.32. The highest BCUT2D eigenvalue weighted by molar-refractivity contribution is 5.95. The first kappa shape index (κ1) is 22.4. The number of nitrogens with two attached hydrogens (primary N) is 1. The first-order chi connectivity index (χ1) is 15.3. The molecule has 0 aliphatic rings. The van der Waals surface area contributed by atoms with E-state index in [-0.39, 0.29) is 17.1 Å². The predicted octanol–water partition coefficient (Wildman–Crippen LogP) is 1.28. The smallest absolute Gasteiger partial charge is 0.340 e. The fourth-order valence-corrected chi connectivity index (χ4v) is 2.99. The number of aliphatic carboxylic acids is 1. The van der Waals surface area contributed by atoms with E-state index in [1.807, 2.05) is 0 Å². The summed E-state index contributed by atoms with van der Waals surface area (Å²) >= 11 is 0. The van der Waals surface area contributed by atoms with E-state index in [2.05, 4.69) is 10.7 Å². The Labute approximate surface area is 182 Å². The van der Waals surface area contributed by atoms with Crippen LogP contribution in [0.25, 0.3) is 0 Å². The van der Waals surface area contributed by atoms with Gasteiger partial charge in [-0.3, -0.25) is 20.4 Å². The van der Waals surface area contributed by atoms with Crippen LogP contribution in [-0.2, 0) is 4.79 Å². The molecule has 32 heavy (non-hydrogen) atoms. The van der Waals surface area contributed by atoms with E-state index in [4.69, 9.17) is 20.6 Å². The average molecular weight is 441 g/mol. The molecule has 0 saturated heterocycles. The van der Waals surface area contributed by atoms with Crippen LogP contribution in [0, 0.1) is 5.41 Å². The lowest BCUT2D eigenvalue weighted by Crippen LogP contribution is -2.23. The van der Waals surface area contributed by atoms with Crippen LogP contribution in [0.5, 0.6) is 11.5 Å². The van der Waals surface area contributed by atoms with Gasteiger partial charge in [0.1, 0.15) is 5.84 Å². The van der Waals surface area contributed by atoms with Crippen LogP contribution in [0.1, 0.15) is 31.0 Å². The molecule has 0 bridgehead atoms. The number of carboxylic acids is 1. The Morgan fingerprint density at radius 2 is 1.66 bits per heavy atom. The van der Waals surface area contributed by atoms with Gasteiger partial charge in [-0.25, -0.2) is 4.79 Å². The molecule has 1 atom stereocenters. The Balaban J connectivity index is 2.06. The Morgan fingerprint density at radius 3 is 2.12 bits per heavy atom. The van der Waals surface area contributed by atoms with E-state index in [9.17, 15) is 19.5 Å². The van der Waals surface area contributed by atoms with Gasteiger partial charge in [0.05, 0.1) is 18.9 Å². The number of rotatable bonds is 11. The highest BCUT2D eigenvalue weighted by Gasteiger charge is 2.27. The molecular weight excluding hydrogens is 418 g/mol. The summed E-state index contributed by atoms with van der Waals surface area (Å²) in [5.41, 5.74) is 7.99. The minimum absolute atomic E-state index is 0.112. The quantitative estimate of drug-likeness (QED) is 0.167. The lowest BCUT2D eigenvalue weighted by atomic mass is 10.0. The van der Waals surface area contributed by atoms with E-state index in [1.54, 1.807) is 38.1 Å². The van der Waals surface area contributed by atoms with Crippen molar-refractivity contribution in [2.45, 2.75) is 19.9 Å². The number of amidine groups is 1. The molecular formula is C21H23N5O6. The maximum Gasteiger partial charge on any atom is 0.340 e. The summed E-state index contributed by atoms with van der Waals surface area (Å²) in [6.45, 7) is 4.19. The van der Waals surface area contributed by atoms with Gasteiger partial charge in [0.25, 0.3) is 0 Å². The standard InChI is InChI=1S/C21H23N5O6/c1-3-31-15-9-13(14(10-16(15)32-4-2)25-26-19(27)20(26)28)17(21(29)30)24-12-7-5-11(6-8-12)18(22)23/h5-10,17,24-25H,3-4H2,1-2H3,(H3,22,23)(H,29,30). The van der Waals surface area contributed by atoms with Crippen LogP contribution >= 0.6 is 0 Å². The minimum Gasteiger partial charge on any atom is -0.490 e. The maximum absolute atomic E-state index is 12.2. The van der Waals surface area contributed by atoms with Gasteiger partial charge >= 0.3 is 17.1 Å². The van der Waals surface area contributed by atoms with Crippen molar-refractivity contribution in [3.05, 3.63) is 68.2 Å². The number of hydrogen-bond donors (Lipinski definition) is 5. The topological polar surface area (TPSA) is 169 Å². The summed E-state index contributed by atoms with van der Waals surface area (Å²) in [6.07, 6.45) is 0. The number of carboxylic acid groups (broad SMARTS) is 1. The van der Waals surface area contributed by atoms with Crippen molar-refractivity contribution in [2.24, 2.45) is 5.73 Å². The third-order valence-corrected chi connectivity index (χ3v) is 4.55. The van der Waals surface area contributed by atoms with Crippen LogP contribution in [-0.4, -0.2) is 34.8 Å². The number of aromatic nitrogens is 1. The lowest BCUT2D eigenvalue weighted by molar-refractivity contribution is -0.138. The van der Waals surface area contributed by atoms with Crippen molar-refractivity contribution in [2.75, 3.05) is 24.0 Å². The van der Waals surface area contributed by atoms with Gasteiger partial charge in [-0.1, -0.05) is 0 Å². The molecule has 1 aromatic heterocycles. The highest BCUT2D eigenvalue weighted by Crippen LogP contribution is 2.38. The molecule has 0 radical (unpaired) electrons. The second-order valence-corrected chi connectivity index (χ2v) is 6.72. The number of nitrogens with zero attached hydrogens (tertiary/aromatic N) is 1. The zero-order chi connectivity index (χ0) is 23.4. The maximum atomic E-state index is 12.2. The monoisotopic (exact) mass is 441 g/mol. The third-order valence-electron chi connectivity index (χ3n) is 4.55. The molecule has 1 heterocycles.